The molecule has 0 spiro atoms. The van der Waals surface area contributed by atoms with Crippen LogP contribution >= 0.6 is 11.3 Å². The van der Waals surface area contributed by atoms with E-state index in [9.17, 15) is 0 Å². The molecule has 1 aliphatic rings. The molecule has 0 saturated heterocycles. The highest BCUT2D eigenvalue weighted by Gasteiger charge is 2.35. The number of anilines is 3. The molecule has 284 valence electrons. The first-order chi connectivity index (χ1) is 29.5. The average molecular weight is 786 g/mol. The number of furan rings is 1. The molecule has 0 atom stereocenters. The van der Waals surface area contributed by atoms with Gasteiger partial charge in [0, 0.05) is 64.5 Å². The van der Waals surface area contributed by atoms with Crippen molar-refractivity contribution < 1.29 is 4.42 Å². The molecule has 60 heavy (non-hydrogen) atoms. The average Bonchev–Trinajstić information content (AvgIpc) is 3.95. The Kier molecular flexibility index (Phi) is 7.79. The van der Waals surface area contributed by atoms with Gasteiger partial charge in [-0.1, -0.05) is 166 Å². The molecule has 0 bridgehead atoms. The van der Waals surface area contributed by atoms with Crippen LogP contribution in [-0.4, -0.2) is 0 Å². The van der Waals surface area contributed by atoms with Crippen molar-refractivity contribution in [1.29, 1.82) is 0 Å². The van der Waals surface area contributed by atoms with E-state index in [1.54, 1.807) is 0 Å². The van der Waals surface area contributed by atoms with Gasteiger partial charge in [0.2, 0.25) is 0 Å². The molecule has 3 heteroatoms. The predicted octanol–water partition coefficient (Wildman–Crippen LogP) is 16.7. The van der Waals surface area contributed by atoms with Gasteiger partial charge in [-0.15, -0.1) is 11.3 Å². The Labute approximate surface area is 353 Å². The molecule has 0 N–H and O–H groups in total. The molecule has 0 saturated carbocycles. The van der Waals surface area contributed by atoms with Crippen LogP contribution in [-0.2, 0) is 5.41 Å². The fraction of sp³-hybridized carbons (Fsp3) is 0.0526. The van der Waals surface area contributed by atoms with Gasteiger partial charge in [0.25, 0.3) is 0 Å². The summed E-state index contributed by atoms with van der Waals surface area (Å²) in [5.74, 6) is 0. The van der Waals surface area contributed by atoms with Gasteiger partial charge in [0.15, 0.2) is 0 Å². The van der Waals surface area contributed by atoms with Gasteiger partial charge >= 0.3 is 0 Å². The van der Waals surface area contributed by atoms with Crippen LogP contribution < -0.4 is 4.90 Å². The fourth-order valence-corrected chi connectivity index (χ4v) is 11.0. The van der Waals surface area contributed by atoms with Crippen molar-refractivity contribution in [1.82, 2.24) is 0 Å². The zero-order valence-corrected chi connectivity index (χ0v) is 34.1. The lowest BCUT2D eigenvalue weighted by atomic mass is 9.82. The fourth-order valence-electron chi connectivity index (χ4n) is 9.75. The normalized spacial score (nSPS) is 13.0. The minimum absolute atomic E-state index is 0.119. The maximum atomic E-state index is 6.46. The third kappa shape index (κ3) is 5.33. The summed E-state index contributed by atoms with van der Waals surface area (Å²) in [5.41, 5.74) is 17.6. The van der Waals surface area contributed by atoms with Gasteiger partial charge in [0.1, 0.15) is 11.2 Å². The Morgan fingerprint density at radius 1 is 0.417 bits per heavy atom. The van der Waals surface area contributed by atoms with Crippen LogP contribution in [0.1, 0.15) is 25.0 Å². The van der Waals surface area contributed by atoms with Crippen molar-refractivity contribution in [2.75, 3.05) is 4.90 Å². The largest absolute Gasteiger partial charge is 0.455 e. The molecule has 0 aliphatic heterocycles. The molecular formula is C57H39NOS. The van der Waals surface area contributed by atoms with E-state index in [4.69, 9.17) is 4.42 Å². The van der Waals surface area contributed by atoms with E-state index < -0.39 is 0 Å². The second-order valence-corrected chi connectivity index (χ2v) is 17.5. The van der Waals surface area contributed by atoms with E-state index in [2.05, 4.69) is 207 Å². The number of fused-ring (bicyclic) bond motifs is 9. The molecule has 0 radical (unpaired) electrons. The predicted molar refractivity (Wildman–Crippen MR) is 255 cm³/mol. The van der Waals surface area contributed by atoms with Crippen molar-refractivity contribution in [2.24, 2.45) is 0 Å². The van der Waals surface area contributed by atoms with E-state index in [1.165, 1.54) is 64.7 Å². The highest BCUT2D eigenvalue weighted by molar-refractivity contribution is 7.26. The zero-order valence-electron chi connectivity index (χ0n) is 33.3. The Balaban J connectivity index is 0.995. The molecule has 0 amide bonds. The summed E-state index contributed by atoms with van der Waals surface area (Å²) in [7, 11) is 0. The monoisotopic (exact) mass is 785 g/mol. The quantitative estimate of drug-likeness (QED) is 0.167. The topological polar surface area (TPSA) is 16.4 Å². The summed E-state index contributed by atoms with van der Waals surface area (Å²) in [6.45, 7) is 4.71. The Bertz CT molecular complexity index is 3440. The van der Waals surface area contributed by atoms with Crippen LogP contribution in [0.2, 0.25) is 0 Å². The standard InChI is InChI=1S/C57H39NOS/c1-57(2)50-20-9-6-15-44(50)45-32-31-41(35-51(45)57)58(40-29-25-37(26-30-40)43-18-12-19-48-46-16-7-10-21-52(46)59-55(43)48)39-27-23-36(24-28-39)42-33-34-49-47-17-8-11-22-53(47)60-56(49)54(42)38-13-4-3-5-14-38/h3-35H,1-2H3. The van der Waals surface area contributed by atoms with Crippen LogP contribution in [0.4, 0.5) is 17.1 Å². The van der Waals surface area contributed by atoms with Crippen LogP contribution in [0.25, 0.3) is 86.6 Å². The molecule has 12 rings (SSSR count). The molecule has 2 nitrogen and oxygen atoms in total. The first-order valence-electron chi connectivity index (χ1n) is 20.7. The third-order valence-corrected chi connectivity index (χ3v) is 13.9. The smallest absolute Gasteiger partial charge is 0.143 e. The molecule has 2 aromatic heterocycles. The SMILES string of the molecule is CC1(C)c2ccccc2-c2ccc(N(c3ccc(-c4ccc5c(sc6ccccc65)c4-c4ccccc4)cc3)c3ccc(-c4cccc5c4oc4ccccc45)cc3)cc21. The highest BCUT2D eigenvalue weighted by atomic mass is 32.1. The third-order valence-electron chi connectivity index (χ3n) is 12.7. The lowest BCUT2D eigenvalue weighted by Gasteiger charge is -2.28. The highest BCUT2D eigenvalue weighted by Crippen LogP contribution is 2.51. The van der Waals surface area contributed by atoms with Gasteiger partial charge in [-0.3, -0.25) is 0 Å². The maximum absolute atomic E-state index is 6.46. The molecule has 0 unspecified atom stereocenters. The summed E-state index contributed by atoms with van der Waals surface area (Å²) in [6, 6.07) is 73.0. The number of hydrogen-bond acceptors (Lipinski definition) is 3. The van der Waals surface area contributed by atoms with Crippen molar-refractivity contribution in [3.8, 4) is 44.5 Å². The summed E-state index contributed by atoms with van der Waals surface area (Å²) in [4.78, 5) is 2.40. The second-order valence-electron chi connectivity index (χ2n) is 16.4. The maximum Gasteiger partial charge on any atom is 0.143 e. The van der Waals surface area contributed by atoms with E-state index in [0.717, 1.165) is 50.1 Å². The molecule has 11 aromatic rings. The molecule has 9 aromatic carbocycles. The summed E-state index contributed by atoms with van der Waals surface area (Å²) >= 11 is 1.89. The number of para-hydroxylation sites is 2. The first-order valence-corrected chi connectivity index (χ1v) is 21.5. The molecule has 1 aliphatic carbocycles. The number of thiophene rings is 1. The first kappa shape index (κ1) is 34.8. The molecular weight excluding hydrogens is 747 g/mol. The summed E-state index contributed by atoms with van der Waals surface area (Å²) < 4.78 is 9.09. The van der Waals surface area contributed by atoms with Gasteiger partial charge < -0.3 is 9.32 Å². The number of rotatable bonds is 6. The molecule has 2 heterocycles. The van der Waals surface area contributed by atoms with Crippen LogP contribution in [0.15, 0.2) is 205 Å². The Hall–Kier alpha value is -7.20. The van der Waals surface area contributed by atoms with Gasteiger partial charge in [-0.05, 0) is 93.0 Å². The minimum Gasteiger partial charge on any atom is -0.455 e. The zero-order chi connectivity index (χ0) is 40.0. The van der Waals surface area contributed by atoms with Gasteiger partial charge in [-0.2, -0.15) is 0 Å². The Morgan fingerprint density at radius 3 is 1.82 bits per heavy atom. The molecule has 0 fully saturated rings. The van der Waals surface area contributed by atoms with Crippen molar-refractivity contribution >= 4 is 70.5 Å². The van der Waals surface area contributed by atoms with Crippen molar-refractivity contribution in [3.05, 3.63) is 211 Å². The Morgan fingerprint density at radius 2 is 1.02 bits per heavy atom. The van der Waals surface area contributed by atoms with Crippen LogP contribution in [0.5, 0.6) is 0 Å². The van der Waals surface area contributed by atoms with E-state index in [-0.39, 0.29) is 5.41 Å². The minimum atomic E-state index is -0.119. The number of nitrogens with zero attached hydrogens (tertiary/aromatic N) is 1. The van der Waals surface area contributed by atoms with Gasteiger partial charge in [-0.25, -0.2) is 0 Å². The van der Waals surface area contributed by atoms with E-state index in [0.29, 0.717) is 0 Å². The van der Waals surface area contributed by atoms with E-state index >= 15 is 0 Å². The summed E-state index contributed by atoms with van der Waals surface area (Å²) in [5, 5.41) is 4.90. The van der Waals surface area contributed by atoms with Crippen molar-refractivity contribution in [2.45, 2.75) is 19.3 Å². The lowest BCUT2D eigenvalue weighted by Crippen LogP contribution is -2.16. The van der Waals surface area contributed by atoms with Crippen LogP contribution in [0, 0.1) is 0 Å². The van der Waals surface area contributed by atoms with Crippen molar-refractivity contribution in [3.63, 3.8) is 0 Å². The van der Waals surface area contributed by atoms with E-state index in [1.807, 2.05) is 23.5 Å². The van der Waals surface area contributed by atoms with Gasteiger partial charge in [0.05, 0.1) is 0 Å². The second kappa shape index (κ2) is 13.4. The number of hydrogen-bond donors (Lipinski definition) is 0. The lowest BCUT2D eigenvalue weighted by molar-refractivity contribution is 0.660. The van der Waals surface area contributed by atoms with Crippen LogP contribution in [0.3, 0.4) is 0 Å². The summed E-state index contributed by atoms with van der Waals surface area (Å²) in [6.07, 6.45) is 0. The number of benzene rings is 9.